The molecule has 12 rings (SSSR count). The summed E-state index contributed by atoms with van der Waals surface area (Å²) in [5.41, 5.74) is 11.9. The van der Waals surface area contributed by atoms with E-state index in [-0.39, 0.29) is 5.41 Å². The van der Waals surface area contributed by atoms with Crippen LogP contribution in [0.4, 0.5) is 0 Å². The summed E-state index contributed by atoms with van der Waals surface area (Å²) in [7, 11) is 0. The summed E-state index contributed by atoms with van der Waals surface area (Å²) in [4.78, 5) is 0. The normalized spacial score (nSPS) is 13.7. The number of benzene rings is 10. The Bertz CT molecular complexity index is 3300. The van der Waals surface area contributed by atoms with Gasteiger partial charge >= 0.3 is 0 Å². The standard InChI is InChI=1S/C51H32O/c1-51(2)44-23-18-36(26-41(44)42-24-32-8-3-5-10-34(32)27-45(42)51)37-21-22-40(49-43-25-33-9-4-6-11-35(33)28-46(43)52-50(37)49)38-19-16-31-15-14-29-12-7-13-30-17-20-39(38)48(31)47(29)30/h3-28H,1-2H3. The molecule has 0 atom stereocenters. The van der Waals surface area contributed by atoms with Crippen LogP contribution in [0.3, 0.4) is 0 Å². The van der Waals surface area contributed by atoms with Gasteiger partial charge in [-0.15, -0.1) is 0 Å². The quantitative estimate of drug-likeness (QED) is 0.168. The number of furan rings is 1. The molecule has 0 saturated carbocycles. The Morgan fingerprint density at radius 3 is 1.75 bits per heavy atom. The van der Waals surface area contributed by atoms with Crippen molar-refractivity contribution in [3.05, 3.63) is 169 Å². The van der Waals surface area contributed by atoms with Crippen molar-refractivity contribution >= 4 is 75.8 Å². The van der Waals surface area contributed by atoms with Crippen LogP contribution < -0.4 is 0 Å². The first kappa shape index (κ1) is 28.3. The summed E-state index contributed by atoms with van der Waals surface area (Å²) in [6.45, 7) is 4.72. The van der Waals surface area contributed by atoms with Crippen molar-refractivity contribution in [2.45, 2.75) is 19.3 Å². The Morgan fingerprint density at radius 1 is 0.365 bits per heavy atom. The minimum Gasteiger partial charge on any atom is -0.455 e. The van der Waals surface area contributed by atoms with Crippen molar-refractivity contribution in [3.8, 4) is 33.4 Å². The van der Waals surface area contributed by atoms with Crippen molar-refractivity contribution in [1.29, 1.82) is 0 Å². The first-order valence-corrected chi connectivity index (χ1v) is 18.2. The van der Waals surface area contributed by atoms with Gasteiger partial charge in [0.1, 0.15) is 11.2 Å². The molecule has 0 N–H and O–H groups in total. The topological polar surface area (TPSA) is 13.1 Å². The van der Waals surface area contributed by atoms with Crippen LogP contribution in [0.2, 0.25) is 0 Å². The van der Waals surface area contributed by atoms with Crippen LogP contribution in [0.25, 0.3) is 109 Å². The van der Waals surface area contributed by atoms with Gasteiger partial charge in [-0.25, -0.2) is 0 Å². The Hall–Kier alpha value is -6.44. The molecule has 242 valence electrons. The van der Waals surface area contributed by atoms with E-state index in [2.05, 4.69) is 172 Å². The fourth-order valence-electron chi connectivity index (χ4n) is 9.59. The van der Waals surface area contributed by atoms with Gasteiger partial charge in [-0.05, 0) is 129 Å². The second-order valence-electron chi connectivity index (χ2n) is 15.3. The number of hydrogen-bond donors (Lipinski definition) is 0. The zero-order valence-electron chi connectivity index (χ0n) is 28.9. The van der Waals surface area contributed by atoms with E-state index in [1.165, 1.54) is 98.2 Å². The van der Waals surface area contributed by atoms with E-state index in [0.29, 0.717) is 0 Å². The van der Waals surface area contributed by atoms with Crippen molar-refractivity contribution in [3.63, 3.8) is 0 Å². The highest BCUT2D eigenvalue weighted by atomic mass is 16.3. The predicted molar refractivity (Wildman–Crippen MR) is 221 cm³/mol. The van der Waals surface area contributed by atoms with Gasteiger partial charge in [0.05, 0.1) is 0 Å². The van der Waals surface area contributed by atoms with Crippen molar-refractivity contribution in [2.75, 3.05) is 0 Å². The van der Waals surface area contributed by atoms with Gasteiger partial charge in [-0.2, -0.15) is 0 Å². The molecule has 1 aliphatic carbocycles. The molecule has 0 unspecified atom stereocenters. The van der Waals surface area contributed by atoms with Crippen molar-refractivity contribution < 1.29 is 4.42 Å². The zero-order valence-corrected chi connectivity index (χ0v) is 28.9. The van der Waals surface area contributed by atoms with E-state index < -0.39 is 0 Å². The molecule has 52 heavy (non-hydrogen) atoms. The molecule has 0 aliphatic heterocycles. The minimum atomic E-state index is -0.0824. The van der Waals surface area contributed by atoms with Crippen molar-refractivity contribution in [2.24, 2.45) is 0 Å². The second kappa shape index (κ2) is 9.87. The Balaban J connectivity index is 1.15. The molecule has 1 aromatic heterocycles. The van der Waals surface area contributed by atoms with Crippen LogP contribution in [0.5, 0.6) is 0 Å². The molecule has 1 nitrogen and oxygen atoms in total. The lowest BCUT2D eigenvalue weighted by Crippen LogP contribution is -2.14. The Morgan fingerprint density at radius 2 is 0.962 bits per heavy atom. The third kappa shape index (κ3) is 3.67. The molecule has 11 aromatic rings. The van der Waals surface area contributed by atoms with E-state index in [9.17, 15) is 0 Å². The Labute approximate surface area is 300 Å². The Kier molecular flexibility index (Phi) is 5.37. The lowest BCUT2D eigenvalue weighted by atomic mass is 9.81. The lowest BCUT2D eigenvalue weighted by Gasteiger charge is -2.22. The molecule has 0 bridgehead atoms. The van der Waals surface area contributed by atoms with Crippen molar-refractivity contribution in [1.82, 2.24) is 0 Å². The van der Waals surface area contributed by atoms with Crippen LogP contribution in [0, 0.1) is 0 Å². The van der Waals surface area contributed by atoms with Gasteiger partial charge in [-0.3, -0.25) is 0 Å². The third-order valence-electron chi connectivity index (χ3n) is 12.2. The van der Waals surface area contributed by atoms with Gasteiger partial charge in [0.15, 0.2) is 0 Å². The molecule has 0 radical (unpaired) electrons. The maximum Gasteiger partial charge on any atom is 0.143 e. The van der Waals surface area contributed by atoms with E-state index in [0.717, 1.165) is 22.1 Å². The molecule has 1 aliphatic rings. The molecular weight excluding hydrogens is 629 g/mol. The molecule has 0 spiro atoms. The molecule has 10 aromatic carbocycles. The van der Waals surface area contributed by atoms with Gasteiger partial charge < -0.3 is 4.42 Å². The second-order valence-corrected chi connectivity index (χ2v) is 15.3. The fraction of sp³-hybridized carbons (Fsp3) is 0.0588. The minimum absolute atomic E-state index is 0.0824. The molecule has 0 fully saturated rings. The van der Waals surface area contributed by atoms with Crippen LogP contribution in [-0.4, -0.2) is 0 Å². The van der Waals surface area contributed by atoms with E-state index in [1.807, 2.05) is 0 Å². The highest BCUT2D eigenvalue weighted by Gasteiger charge is 2.36. The lowest BCUT2D eigenvalue weighted by molar-refractivity contribution is 0.661. The maximum atomic E-state index is 7.02. The smallest absolute Gasteiger partial charge is 0.143 e. The third-order valence-corrected chi connectivity index (χ3v) is 12.2. The highest BCUT2D eigenvalue weighted by molar-refractivity contribution is 6.28. The summed E-state index contributed by atoms with van der Waals surface area (Å²) >= 11 is 0. The summed E-state index contributed by atoms with van der Waals surface area (Å²) in [6, 6.07) is 58.7. The average Bonchev–Trinajstić information content (AvgIpc) is 3.66. The largest absolute Gasteiger partial charge is 0.455 e. The number of rotatable bonds is 2. The van der Waals surface area contributed by atoms with Crippen LogP contribution in [0.15, 0.2) is 162 Å². The van der Waals surface area contributed by atoms with E-state index in [4.69, 9.17) is 4.42 Å². The summed E-state index contributed by atoms with van der Waals surface area (Å²) in [5, 5.41) is 15.1. The zero-order chi connectivity index (χ0) is 34.3. The maximum absolute atomic E-state index is 7.02. The molecule has 0 saturated heterocycles. The predicted octanol–water partition coefficient (Wildman–Crippen LogP) is 14.4. The summed E-state index contributed by atoms with van der Waals surface area (Å²) in [6.07, 6.45) is 0. The number of hydrogen-bond acceptors (Lipinski definition) is 1. The van der Waals surface area contributed by atoms with Gasteiger partial charge in [0.25, 0.3) is 0 Å². The summed E-state index contributed by atoms with van der Waals surface area (Å²) in [5.74, 6) is 0. The van der Waals surface area contributed by atoms with Gasteiger partial charge in [-0.1, -0.05) is 135 Å². The number of fused-ring (bicyclic) bond motifs is 8. The SMILES string of the molecule is CC1(C)c2ccc(-c3ccc(-c4ccc5ccc6cccc7ccc4c5c67)c4c3oc3cc5ccccc5cc34)cc2-c2cc3ccccc3cc21. The van der Waals surface area contributed by atoms with Crippen LogP contribution in [0.1, 0.15) is 25.0 Å². The van der Waals surface area contributed by atoms with E-state index in [1.54, 1.807) is 0 Å². The summed E-state index contributed by atoms with van der Waals surface area (Å²) < 4.78 is 7.02. The molecule has 1 heteroatoms. The van der Waals surface area contributed by atoms with Gasteiger partial charge in [0, 0.05) is 21.8 Å². The molecular formula is C51H32O. The molecule has 1 heterocycles. The van der Waals surface area contributed by atoms with Gasteiger partial charge in [0.2, 0.25) is 0 Å². The highest BCUT2D eigenvalue weighted by Crippen LogP contribution is 2.52. The first-order chi connectivity index (χ1) is 25.5. The molecule has 0 amide bonds. The van der Waals surface area contributed by atoms with E-state index >= 15 is 0 Å². The fourth-order valence-corrected chi connectivity index (χ4v) is 9.59. The average molecular weight is 661 g/mol. The van der Waals surface area contributed by atoms with Crippen LogP contribution >= 0.6 is 0 Å². The first-order valence-electron chi connectivity index (χ1n) is 18.2. The van der Waals surface area contributed by atoms with Crippen LogP contribution in [-0.2, 0) is 5.41 Å². The monoisotopic (exact) mass is 660 g/mol.